The quantitative estimate of drug-likeness (QED) is 0.861. The molecule has 0 aromatic carbocycles. The van der Waals surface area contributed by atoms with Gasteiger partial charge in [-0.25, -0.2) is 9.97 Å². The van der Waals surface area contributed by atoms with E-state index in [-0.39, 0.29) is 0 Å². The summed E-state index contributed by atoms with van der Waals surface area (Å²) in [6, 6.07) is 9.77. The van der Waals surface area contributed by atoms with Crippen molar-refractivity contribution < 1.29 is 0 Å². The van der Waals surface area contributed by atoms with Gasteiger partial charge in [0.2, 0.25) is 0 Å². The molecule has 0 saturated heterocycles. The summed E-state index contributed by atoms with van der Waals surface area (Å²) in [5.41, 5.74) is 0.950. The summed E-state index contributed by atoms with van der Waals surface area (Å²) in [5, 5.41) is 11.8. The molecule has 0 atom stereocenters. The molecule has 2 aromatic rings. The zero-order chi connectivity index (χ0) is 14.2. The third-order valence-electron chi connectivity index (χ3n) is 2.78. The van der Waals surface area contributed by atoms with Gasteiger partial charge in [-0.2, -0.15) is 5.26 Å². The largest absolute Gasteiger partial charge is 0.364 e. The zero-order valence-electron chi connectivity index (χ0n) is 11.3. The molecule has 1 N–H and O–H groups in total. The lowest BCUT2D eigenvalue weighted by atomic mass is 10.3. The molecule has 2 heterocycles. The fourth-order valence-corrected chi connectivity index (χ4v) is 1.67. The minimum absolute atomic E-state index is 0.469. The highest BCUT2D eigenvalue weighted by Crippen LogP contribution is 2.13. The van der Waals surface area contributed by atoms with Crippen LogP contribution in [-0.4, -0.2) is 28.5 Å². The molecule has 6 heteroatoms. The van der Waals surface area contributed by atoms with Crippen molar-refractivity contribution in [1.82, 2.24) is 15.0 Å². The van der Waals surface area contributed by atoms with Gasteiger partial charge in [-0.1, -0.05) is 6.07 Å². The lowest BCUT2D eigenvalue weighted by Crippen LogP contribution is -2.19. The fraction of sp³-hybridized carbons (Fsp3) is 0.286. The van der Waals surface area contributed by atoms with Crippen LogP contribution in [0.2, 0.25) is 0 Å². The third-order valence-corrected chi connectivity index (χ3v) is 2.78. The number of hydrogen-bond donors (Lipinski definition) is 1. The van der Waals surface area contributed by atoms with Crippen molar-refractivity contribution in [3.8, 4) is 6.07 Å². The molecule has 0 saturated carbocycles. The van der Waals surface area contributed by atoms with Gasteiger partial charge in [-0.3, -0.25) is 4.98 Å². The van der Waals surface area contributed by atoms with Crippen LogP contribution in [0.1, 0.15) is 12.1 Å². The van der Waals surface area contributed by atoms with Crippen molar-refractivity contribution in [3.05, 3.63) is 42.5 Å². The monoisotopic (exact) mass is 268 g/mol. The number of nitrogens with one attached hydrogen (secondary N) is 1. The second-order valence-electron chi connectivity index (χ2n) is 4.27. The summed E-state index contributed by atoms with van der Waals surface area (Å²) in [6.45, 7) is 1.26. The predicted octanol–water partition coefficient (Wildman–Crippen LogP) is 1.83. The van der Waals surface area contributed by atoms with Gasteiger partial charge in [0.1, 0.15) is 18.0 Å². The molecule has 0 aliphatic rings. The highest BCUT2D eigenvalue weighted by atomic mass is 15.2. The number of pyridine rings is 1. The van der Waals surface area contributed by atoms with Crippen LogP contribution in [0.5, 0.6) is 0 Å². The molecule has 0 aliphatic carbocycles. The van der Waals surface area contributed by atoms with Gasteiger partial charge in [0, 0.05) is 25.9 Å². The standard InChI is InChI=1S/C14H16N6/c1-20(8-4-6-15)14-9-13(18-11-19-14)17-10-12-5-2-3-7-16-12/h2-3,5,7,9,11H,4,8,10H2,1H3,(H,17,18,19). The van der Waals surface area contributed by atoms with Gasteiger partial charge in [0.15, 0.2) is 0 Å². The fourth-order valence-electron chi connectivity index (χ4n) is 1.67. The van der Waals surface area contributed by atoms with Crippen LogP contribution in [0.15, 0.2) is 36.8 Å². The van der Waals surface area contributed by atoms with Gasteiger partial charge in [0.05, 0.1) is 24.7 Å². The Balaban J connectivity index is 1.97. The average molecular weight is 268 g/mol. The third kappa shape index (κ3) is 3.92. The topological polar surface area (TPSA) is 77.7 Å². The van der Waals surface area contributed by atoms with Gasteiger partial charge in [0.25, 0.3) is 0 Å². The molecule has 6 nitrogen and oxygen atoms in total. The molecule has 0 radical (unpaired) electrons. The summed E-state index contributed by atoms with van der Waals surface area (Å²) >= 11 is 0. The van der Waals surface area contributed by atoms with Crippen molar-refractivity contribution >= 4 is 11.6 Å². The number of anilines is 2. The van der Waals surface area contributed by atoms with E-state index in [9.17, 15) is 0 Å². The first-order valence-electron chi connectivity index (χ1n) is 6.33. The number of nitrogens with zero attached hydrogens (tertiary/aromatic N) is 5. The number of nitriles is 1. The highest BCUT2D eigenvalue weighted by Gasteiger charge is 2.04. The Morgan fingerprint density at radius 2 is 2.20 bits per heavy atom. The number of aromatic nitrogens is 3. The Morgan fingerprint density at radius 1 is 1.30 bits per heavy atom. The van der Waals surface area contributed by atoms with Crippen LogP contribution in [0, 0.1) is 11.3 Å². The van der Waals surface area contributed by atoms with E-state index in [0.717, 1.165) is 17.3 Å². The minimum Gasteiger partial charge on any atom is -0.364 e. The normalized spacial score (nSPS) is 9.80. The molecule has 20 heavy (non-hydrogen) atoms. The van der Waals surface area contributed by atoms with E-state index in [1.165, 1.54) is 6.33 Å². The van der Waals surface area contributed by atoms with E-state index in [2.05, 4.69) is 26.3 Å². The van der Waals surface area contributed by atoms with Gasteiger partial charge in [-0.15, -0.1) is 0 Å². The summed E-state index contributed by atoms with van der Waals surface area (Å²) in [5.74, 6) is 1.53. The summed E-state index contributed by atoms with van der Waals surface area (Å²) in [6.07, 6.45) is 3.74. The Kier molecular flexibility index (Phi) is 4.84. The maximum absolute atomic E-state index is 8.60. The van der Waals surface area contributed by atoms with E-state index >= 15 is 0 Å². The molecule has 2 rings (SSSR count). The van der Waals surface area contributed by atoms with Gasteiger partial charge < -0.3 is 10.2 Å². The first kappa shape index (κ1) is 13.7. The van der Waals surface area contributed by atoms with Crippen LogP contribution in [0.4, 0.5) is 11.6 Å². The van der Waals surface area contributed by atoms with Gasteiger partial charge in [-0.05, 0) is 12.1 Å². The summed E-state index contributed by atoms with van der Waals surface area (Å²) in [4.78, 5) is 14.5. The van der Waals surface area contributed by atoms with E-state index < -0.39 is 0 Å². The van der Waals surface area contributed by atoms with Crippen LogP contribution < -0.4 is 10.2 Å². The van der Waals surface area contributed by atoms with Crippen molar-refractivity contribution in [3.63, 3.8) is 0 Å². The average Bonchev–Trinajstić information content (AvgIpc) is 2.52. The number of rotatable bonds is 6. The zero-order valence-corrected chi connectivity index (χ0v) is 11.3. The first-order chi connectivity index (χ1) is 9.79. The van der Waals surface area contributed by atoms with E-state index in [0.29, 0.717) is 19.5 Å². The predicted molar refractivity (Wildman–Crippen MR) is 77.1 cm³/mol. The smallest absolute Gasteiger partial charge is 0.133 e. The van der Waals surface area contributed by atoms with Crippen molar-refractivity contribution in [2.45, 2.75) is 13.0 Å². The number of hydrogen-bond acceptors (Lipinski definition) is 6. The Bertz CT molecular complexity index is 578. The molecule has 2 aromatic heterocycles. The van der Waals surface area contributed by atoms with Crippen LogP contribution >= 0.6 is 0 Å². The van der Waals surface area contributed by atoms with Crippen molar-refractivity contribution in [1.29, 1.82) is 5.26 Å². The SMILES string of the molecule is CN(CCC#N)c1cc(NCc2ccccn2)ncn1. The van der Waals surface area contributed by atoms with Crippen molar-refractivity contribution in [2.24, 2.45) is 0 Å². The molecule has 0 unspecified atom stereocenters. The Morgan fingerprint density at radius 3 is 2.95 bits per heavy atom. The first-order valence-corrected chi connectivity index (χ1v) is 6.33. The van der Waals surface area contributed by atoms with Crippen LogP contribution in [-0.2, 0) is 6.54 Å². The highest BCUT2D eigenvalue weighted by molar-refractivity contribution is 5.48. The molecule has 0 amide bonds. The minimum atomic E-state index is 0.469. The van der Waals surface area contributed by atoms with E-state index in [4.69, 9.17) is 5.26 Å². The van der Waals surface area contributed by atoms with E-state index in [1.54, 1.807) is 6.20 Å². The van der Waals surface area contributed by atoms with Crippen LogP contribution in [0.3, 0.4) is 0 Å². The summed E-state index contributed by atoms with van der Waals surface area (Å²) in [7, 11) is 1.90. The van der Waals surface area contributed by atoms with Gasteiger partial charge >= 0.3 is 0 Å². The maximum Gasteiger partial charge on any atom is 0.133 e. The Hall–Kier alpha value is -2.68. The lowest BCUT2D eigenvalue weighted by Gasteiger charge is -2.16. The molecular weight excluding hydrogens is 252 g/mol. The molecule has 0 bridgehead atoms. The lowest BCUT2D eigenvalue weighted by molar-refractivity contribution is 0.878. The second kappa shape index (κ2) is 7.04. The second-order valence-corrected chi connectivity index (χ2v) is 4.27. The molecule has 0 fully saturated rings. The molecular formula is C14H16N6. The molecule has 0 spiro atoms. The molecule has 0 aliphatic heterocycles. The van der Waals surface area contributed by atoms with Crippen molar-refractivity contribution in [2.75, 3.05) is 23.8 Å². The van der Waals surface area contributed by atoms with E-state index in [1.807, 2.05) is 36.2 Å². The van der Waals surface area contributed by atoms with Crippen LogP contribution in [0.25, 0.3) is 0 Å². The summed E-state index contributed by atoms with van der Waals surface area (Å²) < 4.78 is 0. The molecule has 102 valence electrons. The Labute approximate surface area is 118 Å². The maximum atomic E-state index is 8.60.